The normalized spacial score (nSPS) is 18.2. The number of amides is 3. The van der Waals surface area contributed by atoms with Gasteiger partial charge in [0, 0.05) is 11.8 Å². The minimum atomic E-state index is -1.33. The van der Waals surface area contributed by atoms with Gasteiger partial charge in [-0.05, 0) is 42.5 Å². The lowest BCUT2D eigenvalue weighted by Crippen LogP contribution is -2.49. The molecule has 1 fully saturated rings. The van der Waals surface area contributed by atoms with Gasteiger partial charge in [0.05, 0.1) is 6.54 Å². The van der Waals surface area contributed by atoms with Crippen molar-refractivity contribution in [3.05, 3.63) is 106 Å². The standard InChI is InChI=1S/C24H23N3O3/c1-17-6-5-15-27(21(17)28)16-24(22(29)25-23(30)26-24)20-13-11-19(12-14-20)10-9-18-7-3-2-4-8-18/h2-8,11-15H,9-10,16H2,1H3,(H2,25,26,29,30). The summed E-state index contributed by atoms with van der Waals surface area (Å²) < 4.78 is 1.46. The van der Waals surface area contributed by atoms with Gasteiger partial charge in [-0.3, -0.25) is 14.9 Å². The molecule has 1 atom stereocenters. The van der Waals surface area contributed by atoms with Crippen LogP contribution in [0.4, 0.5) is 4.79 Å². The van der Waals surface area contributed by atoms with Crippen molar-refractivity contribution in [1.82, 2.24) is 15.2 Å². The molecule has 152 valence electrons. The number of hydrogen-bond donors (Lipinski definition) is 2. The van der Waals surface area contributed by atoms with E-state index in [2.05, 4.69) is 22.8 Å². The fourth-order valence-electron chi connectivity index (χ4n) is 3.82. The minimum absolute atomic E-state index is 0.0223. The van der Waals surface area contributed by atoms with Crippen LogP contribution in [0, 0.1) is 6.92 Å². The van der Waals surface area contributed by atoms with E-state index in [4.69, 9.17) is 0 Å². The van der Waals surface area contributed by atoms with Crippen LogP contribution in [0.2, 0.25) is 0 Å². The molecule has 30 heavy (non-hydrogen) atoms. The van der Waals surface area contributed by atoms with Gasteiger partial charge in [-0.2, -0.15) is 0 Å². The Morgan fingerprint density at radius 3 is 2.13 bits per heavy atom. The molecule has 2 heterocycles. The SMILES string of the molecule is Cc1cccn(CC2(c3ccc(CCc4ccccc4)cc3)NC(=O)NC2=O)c1=O. The largest absolute Gasteiger partial charge is 0.322 e. The molecule has 2 N–H and O–H groups in total. The van der Waals surface area contributed by atoms with Crippen molar-refractivity contribution in [1.29, 1.82) is 0 Å². The summed E-state index contributed by atoms with van der Waals surface area (Å²) in [6.45, 7) is 1.74. The first kappa shape index (κ1) is 19.6. The van der Waals surface area contributed by atoms with E-state index in [1.807, 2.05) is 42.5 Å². The van der Waals surface area contributed by atoms with E-state index in [1.165, 1.54) is 10.1 Å². The first-order valence-electron chi connectivity index (χ1n) is 9.91. The van der Waals surface area contributed by atoms with Crippen molar-refractivity contribution in [3.63, 3.8) is 0 Å². The molecule has 0 saturated carbocycles. The highest BCUT2D eigenvalue weighted by molar-refractivity contribution is 6.07. The van der Waals surface area contributed by atoms with Crippen molar-refractivity contribution in [2.75, 3.05) is 0 Å². The summed E-state index contributed by atoms with van der Waals surface area (Å²) in [4.78, 5) is 37.3. The molecule has 1 saturated heterocycles. The number of hydrogen-bond acceptors (Lipinski definition) is 3. The highest BCUT2D eigenvalue weighted by atomic mass is 16.2. The number of carbonyl (C=O) groups is 2. The maximum absolute atomic E-state index is 12.8. The van der Waals surface area contributed by atoms with E-state index in [9.17, 15) is 14.4 Å². The van der Waals surface area contributed by atoms with Crippen LogP contribution in [-0.4, -0.2) is 16.5 Å². The van der Waals surface area contributed by atoms with Crippen LogP contribution < -0.4 is 16.2 Å². The highest BCUT2D eigenvalue weighted by Gasteiger charge is 2.48. The third kappa shape index (κ3) is 3.76. The van der Waals surface area contributed by atoms with Crippen LogP contribution >= 0.6 is 0 Å². The molecule has 6 nitrogen and oxygen atoms in total. The number of nitrogens with one attached hydrogen (secondary N) is 2. The van der Waals surface area contributed by atoms with Gasteiger partial charge < -0.3 is 9.88 Å². The molecule has 0 radical (unpaired) electrons. The van der Waals surface area contributed by atoms with Crippen LogP contribution in [-0.2, 0) is 29.7 Å². The monoisotopic (exact) mass is 401 g/mol. The fraction of sp³-hybridized carbons (Fsp3) is 0.208. The van der Waals surface area contributed by atoms with E-state index in [-0.39, 0.29) is 12.1 Å². The number of carbonyl (C=O) groups excluding carboxylic acids is 2. The third-order valence-electron chi connectivity index (χ3n) is 5.55. The molecule has 3 aromatic rings. The van der Waals surface area contributed by atoms with Crippen molar-refractivity contribution < 1.29 is 9.59 Å². The van der Waals surface area contributed by atoms with Crippen LogP contribution in [0.3, 0.4) is 0 Å². The minimum Gasteiger partial charge on any atom is -0.318 e. The second-order valence-electron chi connectivity index (χ2n) is 7.62. The van der Waals surface area contributed by atoms with Gasteiger partial charge in [0.15, 0.2) is 5.54 Å². The maximum Gasteiger partial charge on any atom is 0.322 e. The number of rotatable bonds is 6. The van der Waals surface area contributed by atoms with E-state index in [0.29, 0.717) is 11.1 Å². The van der Waals surface area contributed by atoms with E-state index in [0.717, 1.165) is 18.4 Å². The fourth-order valence-corrected chi connectivity index (χ4v) is 3.82. The van der Waals surface area contributed by atoms with E-state index < -0.39 is 17.5 Å². The smallest absolute Gasteiger partial charge is 0.318 e. The Morgan fingerprint density at radius 1 is 0.833 bits per heavy atom. The molecular weight excluding hydrogens is 378 g/mol. The Kier molecular flexibility index (Phi) is 5.23. The molecule has 3 amide bonds. The lowest BCUT2D eigenvalue weighted by molar-refractivity contribution is -0.124. The maximum atomic E-state index is 12.8. The first-order valence-corrected chi connectivity index (χ1v) is 9.91. The Bertz CT molecular complexity index is 1140. The zero-order chi connectivity index (χ0) is 21.1. The van der Waals surface area contributed by atoms with Crippen molar-refractivity contribution in [3.8, 4) is 0 Å². The summed E-state index contributed by atoms with van der Waals surface area (Å²) in [5.74, 6) is -0.460. The average molecular weight is 401 g/mol. The Hall–Kier alpha value is -3.67. The molecule has 0 spiro atoms. The number of urea groups is 1. The third-order valence-corrected chi connectivity index (χ3v) is 5.55. The van der Waals surface area contributed by atoms with Crippen molar-refractivity contribution >= 4 is 11.9 Å². The summed E-state index contributed by atoms with van der Waals surface area (Å²) >= 11 is 0. The van der Waals surface area contributed by atoms with E-state index >= 15 is 0 Å². The molecule has 2 aromatic carbocycles. The second-order valence-corrected chi connectivity index (χ2v) is 7.62. The van der Waals surface area contributed by atoms with Crippen LogP contribution in [0.15, 0.2) is 77.7 Å². The van der Waals surface area contributed by atoms with Crippen LogP contribution in [0.5, 0.6) is 0 Å². The van der Waals surface area contributed by atoms with Crippen molar-refractivity contribution in [2.24, 2.45) is 0 Å². The summed E-state index contributed by atoms with van der Waals surface area (Å²) in [6, 6.07) is 20.8. The summed E-state index contributed by atoms with van der Waals surface area (Å²) in [5, 5.41) is 5.06. The summed E-state index contributed by atoms with van der Waals surface area (Å²) in [6.07, 6.45) is 3.41. The highest BCUT2D eigenvalue weighted by Crippen LogP contribution is 2.27. The summed E-state index contributed by atoms with van der Waals surface area (Å²) in [5.41, 5.74) is 2.10. The number of aromatic nitrogens is 1. The van der Waals surface area contributed by atoms with Gasteiger partial charge in [0.25, 0.3) is 11.5 Å². The van der Waals surface area contributed by atoms with Gasteiger partial charge in [0.2, 0.25) is 0 Å². The predicted molar refractivity (Wildman–Crippen MR) is 114 cm³/mol. The van der Waals surface area contributed by atoms with Gasteiger partial charge in [0.1, 0.15) is 0 Å². The number of benzene rings is 2. The molecule has 0 aliphatic carbocycles. The predicted octanol–water partition coefficient (Wildman–Crippen LogP) is 2.68. The molecule has 1 aromatic heterocycles. The van der Waals surface area contributed by atoms with Gasteiger partial charge >= 0.3 is 6.03 Å². The lowest BCUT2D eigenvalue weighted by atomic mass is 9.88. The topological polar surface area (TPSA) is 80.2 Å². The Balaban J connectivity index is 1.61. The quantitative estimate of drug-likeness (QED) is 0.623. The molecule has 4 rings (SSSR count). The first-order chi connectivity index (χ1) is 14.5. The van der Waals surface area contributed by atoms with E-state index in [1.54, 1.807) is 25.3 Å². The number of nitrogens with zero attached hydrogens (tertiary/aromatic N) is 1. The van der Waals surface area contributed by atoms with Gasteiger partial charge in [-0.1, -0.05) is 60.7 Å². The van der Waals surface area contributed by atoms with Gasteiger partial charge in [-0.25, -0.2) is 4.79 Å². The zero-order valence-corrected chi connectivity index (χ0v) is 16.7. The second kappa shape index (κ2) is 7.99. The average Bonchev–Trinajstić information content (AvgIpc) is 3.05. The molecule has 1 aliphatic heterocycles. The number of aryl methyl sites for hydroxylation is 3. The zero-order valence-electron chi connectivity index (χ0n) is 16.7. The summed E-state index contributed by atoms with van der Waals surface area (Å²) in [7, 11) is 0. The Morgan fingerprint density at radius 2 is 1.50 bits per heavy atom. The van der Waals surface area contributed by atoms with Crippen LogP contribution in [0.1, 0.15) is 22.3 Å². The molecule has 1 aliphatic rings. The Labute approximate surface area is 174 Å². The van der Waals surface area contributed by atoms with Crippen molar-refractivity contribution in [2.45, 2.75) is 31.8 Å². The molecule has 0 bridgehead atoms. The number of pyridine rings is 1. The lowest BCUT2D eigenvalue weighted by Gasteiger charge is -2.27. The van der Waals surface area contributed by atoms with Gasteiger partial charge in [-0.15, -0.1) is 0 Å². The van der Waals surface area contributed by atoms with Crippen LogP contribution in [0.25, 0.3) is 0 Å². The number of imide groups is 1. The molecular formula is C24H23N3O3. The molecule has 1 unspecified atom stereocenters. The molecule has 6 heteroatoms.